The summed E-state index contributed by atoms with van der Waals surface area (Å²) in [5.74, 6) is 1.13. The number of benzene rings is 1. The maximum Gasteiger partial charge on any atom is 0.224 e. The number of ether oxygens (including phenoxy) is 1. The van der Waals surface area contributed by atoms with Crippen LogP contribution in [0, 0.1) is 11.7 Å². The van der Waals surface area contributed by atoms with Crippen molar-refractivity contribution in [1.82, 2.24) is 15.3 Å². The molecule has 0 radical (unpaired) electrons. The van der Waals surface area contributed by atoms with Gasteiger partial charge in [0.2, 0.25) is 11.8 Å². The number of amides is 1. The maximum atomic E-state index is 13.4. The third kappa shape index (κ3) is 5.49. The lowest BCUT2D eigenvalue weighted by Crippen LogP contribution is -2.40. The van der Waals surface area contributed by atoms with E-state index in [0.29, 0.717) is 16.7 Å². The number of halogens is 2. The van der Waals surface area contributed by atoms with Crippen LogP contribution in [0.25, 0.3) is 0 Å². The van der Waals surface area contributed by atoms with Crippen LogP contribution in [0.15, 0.2) is 60.9 Å². The van der Waals surface area contributed by atoms with E-state index in [1.165, 1.54) is 12.1 Å². The Balaban J connectivity index is 1.32. The van der Waals surface area contributed by atoms with E-state index >= 15 is 0 Å². The van der Waals surface area contributed by atoms with E-state index in [1.807, 2.05) is 18.2 Å². The quantitative estimate of drug-likeness (QED) is 0.607. The molecule has 0 unspecified atom stereocenters. The van der Waals surface area contributed by atoms with Crippen LogP contribution in [0.1, 0.15) is 18.4 Å². The van der Waals surface area contributed by atoms with Gasteiger partial charge >= 0.3 is 0 Å². The van der Waals surface area contributed by atoms with Crippen molar-refractivity contribution < 1.29 is 13.9 Å². The van der Waals surface area contributed by atoms with E-state index in [4.69, 9.17) is 16.3 Å². The maximum absolute atomic E-state index is 13.4. The van der Waals surface area contributed by atoms with Crippen LogP contribution in [-0.2, 0) is 11.3 Å². The molecule has 1 N–H and O–H groups in total. The van der Waals surface area contributed by atoms with Crippen molar-refractivity contribution in [2.45, 2.75) is 19.4 Å². The number of hydrogen-bond acceptors (Lipinski definition) is 5. The Morgan fingerprint density at radius 3 is 2.74 bits per heavy atom. The predicted octanol–water partition coefficient (Wildman–Crippen LogP) is 4.59. The molecule has 31 heavy (non-hydrogen) atoms. The summed E-state index contributed by atoms with van der Waals surface area (Å²) in [5, 5.41) is 3.59. The van der Waals surface area contributed by atoms with Gasteiger partial charge in [-0.1, -0.05) is 23.7 Å². The second-order valence-corrected chi connectivity index (χ2v) is 7.78. The molecule has 6 nitrogen and oxygen atoms in total. The van der Waals surface area contributed by atoms with Gasteiger partial charge in [0.25, 0.3) is 0 Å². The molecular formula is C23H22ClFN4O2. The molecule has 0 bridgehead atoms. The van der Waals surface area contributed by atoms with E-state index in [2.05, 4.69) is 20.2 Å². The van der Waals surface area contributed by atoms with Crippen LogP contribution in [0.5, 0.6) is 11.6 Å². The van der Waals surface area contributed by atoms with Crippen molar-refractivity contribution in [3.05, 3.63) is 77.3 Å². The normalized spacial score (nSPS) is 14.3. The first-order valence-electron chi connectivity index (χ1n) is 10.1. The van der Waals surface area contributed by atoms with Gasteiger partial charge in [0.1, 0.15) is 17.4 Å². The highest BCUT2D eigenvalue weighted by molar-refractivity contribution is 6.30. The number of rotatable bonds is 6. The van der Waals surface area contributed by atoms with Gasteiger partial charge in [-0.15, -0.1) is 0 Å². The number of anilines is 1. The molecule has 2 aromatic heterocycles. The summed E-state index contributed by atoms with van der Waals surface area (Å²) in [5.41, 5.74) is 0.725. The molecule has 1 aliphatic rings. The zero-order chi connectivity index (χ0) is 21.6. The van der Waals surface area contributed by atoms with Gasteiger partial charge in [0.05, 0.1) is 5.02 Å². The van der Waals surface area contributed by atoms with Crippen LogP contribution < -0.4 is 15.0 Å². The summed E-state index contributed by atoms with van der Waals surface area (Å²) >= 11 is 5.90. The van der Waals surface area contributed by atoms with Gasteiger partial charge < -0.3 is 15.0 Å². The highest BCUT2D eigenvalue weighted by atomic mass is 35.5. The molecule has 1 fully saturated rings. The highest BCUT2D eigenvalue weighted by Crippen LogP contribution is 2.25. The van der Waals surface area contributed by atoms with Gasteiger partial charge in [0, 0.05) is 49.6 Å². The van der Waals surface area contributed by atoms with Crippen molar-refractivity contribution in [2.75, 3.05) is 18.0 Å². The minimum atomic E-state index is -0.386. The van der Waals surface area contributed by atoms with Crippen molar-refractivity contribution in [3.63, 3.8) is 0 Å². The summed E-state index contributed by atoms with van der Waals surface area (Å²) in [6, 6.07) is 13.2. The van der Waals surface area contributed by atoms with Crippen molar-refractivity contribution in [1.29, 1.82) is 0 Å². The Morgan fingerprint density at radius 1 is 1.16 bits per heavy atom. The molecule has 1 aromatic carbocycles. The van der Waals surface area contributed by atoms with Crippen LogP contribution in [0.2, 0.25) is 5.02 Å². The lowest BCUT2D eigenvalue weighted by atomic mass is 9.96. The van der Waals surface area contributed by atoms with Gasteiger partial charge in [-0.05, 0) is 43.2 Å². The Kier molecular flexibility index (Phi) is 6.62. The van der Waals surface area contributed by atoms with Crippen molar-refractivity contribution in [3.8, 4) is 11.6 Å². The molecule has 160 valence electrons. The lowest BCUT2D eigenvalue weighted by molar-refractivity contribution is -0.125. The largest absolute Gasteiger partial charge is 0.439 e. The first-order valence-corrected chi connectivity index (χ1v) is 10.5. The van der Waals surface area contributed by atoms with Gasteiger partial charge in [0.15, 0.2) is 0 Å². The van der Waals surface area contributed by atoms with Gasteiger partial charge in [-0.2, -0.15) is 0 Å². The summed E-state index contributed by atoms with van der Waals surface area (Å²) in [7, 11) is 0. The molecule has 4 rings (SSSR count). The van der Waals surface area contributed by atoms with Crippen LogP contribution >= 0.6 is 11.6 Å². The van der Waals surface area contributed by atoms with E-state index < -0.39 is 0 Å². The smallest absolute Gasteiger partial charge is 0.224 e. The predicted molar refractivity (Wildman–Crippen MR) is 117 cm³/mol. The van der Waals surface area contributed by atoms with Crippen molar-refractivity contribution >= 4 is 23.3 Å². The van der Waals surface area contributed by atoms with E-state index in [-0.39, 0.29) is 24.2 Å². The zero-order valence-corrected chi connectivity index (χ0v) is 17.6. The average Bonchev–Trinajstić information content (AvgIpc) is 2.79. The number of nitrogens with one attached hydrogen (secondary N) is 1. The zero-order valence-electron chi connectivity index (χ0n) is 16.8. The summed E-state index contributed by atoms with van der Waals surface area (Å²) in [6.07, 6.45) is 4.72. The molecular weight excluding hydrogens is 419 g/mol. The minimum Gasteiger partial charge on any atom is -0.439 e. The number of carbonyl (C=O) groups is 1. The molecule has 0 spiro atoms. The fraction of sp³-hybridized carbons (Fsp3) is 0.261. The number of hydrogen-bond donors (Lipinski definition) is 1. The topological polar surface area (TPSA) is 67.3 Å². The molecule has 3 aromatic rings. The first-order chi connectivity index (χ1) is 15.1. The van der Waals surface area contributed by atoms with Crippen LogP contribution in [0.3, 0.4) is 0 Å². The Bertz CT molecular complexity index is 1040. The van der Waals surface area contributed by atoms with Crippen molar-refractivity contribution in [2.24, 2.45) is 5.92 Å². The minimum absolute atomic E-state index is 0.00396. The monoisotopic (exact) mass is 440 g/mol. The molecule has 0 saturated carbocycles. The fourth-order valence-corrected chi connectivity index (χ4v) is 3.66. The van der Waals surface area contributed by atoms with E-state index in [1.54, 1.807) is 30.6 Å². The summed E-state index contributed by atoms with van der Waals surface area (Å²) in [4.78, 5) is 23.4. The molecule has 0 aliphatic carbocycles. The fourth-order valence-electron chi connectivity index (χ4n) is 3.55. The third-order valence-corrected chi connectivity index (χ3v) is 5.44. The van der Waals surface area contributed by atoms with Crippen LogP contribution in [0.4, 0.5) is 10.2 Å². The molecule has 8 heteroatoms. The van der Waals surface area contributed by atoms with Gasteiger partial charge in [-0.3, -0.25) is 4.79 Å². The number of carbonyl (C=O) groups excluding carboxylic acids is 1. The number of pyridine rings is 2. The number of nitrogens with zero attached hydrogens (tertiary/aromatic N) is 3. The second kappa shape index (κ2) is 9.75. The Hall–Kier alpha value is -3.19. The molecule has 1 saturated heterocycles. The van der Waals surface area contributed by atoms with E-state index in [0.717, 1.165) is 37.3 Å². The standard InChI is InChI=1S/C23H22ClFN4O2/c24-18-6-7-21(27-15-18)29-11-8-16(9-12-29)22(30)28-14-17-3-2-10-26-23(17)31-20-5-1-4-19(25)13-20/h1-7,10,13,15-16H,8-9,11-12,14H2,(H,28,30). The highest BCUT2D eigenvalue weighted by Gasteiger charge is 2.25. The molecule has 1 amide bonds. The lowest BCUT2D eigenvalue weighted by Gasteiger charge is -2.32. The Labute approximate surface area is 185 Å². The summed E-state index contributed by atoms with van der Waals surface area (Å²) in [6.45, 7) is 1.80. The van der Waals surface area contributed by atoms with Crippen LogP contribution in [-0.4, -0.2) is 29.0 Å². The molecule has 1 aliphatic heterocycles. The number of aromatic nitrogens is 2. The SMILES string of the molecule is O=C(NCc1cccnc1Oc1cccc(F)c1)C1CCN(c2ccc(Cl)cn2)CC1. The third-order valence-electron chi connectivity index (χ3n) is 5.22. The first kappa shape index (κ1) is 21.1. The molecule has 0 atom stereocenters. The number of piperidine rings is 1. The Morgan fingerprint density at radius 2 is 2.00 bits per heavy atom. The second-order valence-electron chi connectivity index (χ2n) is 7.34. The average molecular weight is 441 g/mol. The van der Waals surface area contributed by atoms with E-state index in [9.17, 15) is 9.18 Å². The molecule has 3 heterocycles. The summed E-state index contributed by atoms with van der Waals surface area (Å²) < 4.78 is 19.1. The van der Waals surface area contributed by atoms with Gasteiger partial charge in [-0.25, -0.2) is 14.4 Å².